The van der Waals surface area contributed by atoms with Gasteiger partial charge in [-0.2, -0.15) is 0 Å². The molecule has 0 aliphatic heterocycles. The highest BCUT2D eigenvalue weighted by Gasteiger charge is 2.28. The summed E-state index contributed by atoms with van der Waals surface area (Å²) in [4.78, 5) is 0.478. The van der Waals surface area contributed by atoms with Gasteiger partial charge in [0.15, 0.2) is 0 Å². The highest BCUT2D eigenvalue weighted by atomic mass is 31.1. The van der Waals surface area contributed by atoms with E-state index in [1.807, 2.05) is 0 Å². The molecule has 2 unspecified atom stereocenters. The normalized spacial score (nSPS) is 25.9. The lowest BCUT2D eigenvalue weighted by atomic mass is 9.81. The van der Waals surface area contributed by atoms with Crippen molar-refractivity contribution in [2.24, 2.45) is 11.8 Å². The van der Waals surface area contributed by atoms with Gasteiger partial charge in [0.25, 0.3) is 0 Å². The van der Waals surface area contributed by atoms with Crippen LogP contribution in [0.25, 0.3) is 0 Å². The van der Waals surface area contributed by atoms with Gasteiger partial charge in [-0.1, -0.05) is 13.8 Å². The summed E-state index contributed by atoms with van der Waals surface area (Å²) in [5.74, 6) is 1.88. The van der Waals surface area contributed by atoms with Gasteiger partial charge in [-0.25, -0.2) is 0 Å². The molecule has 1 fully saturated rings. The Morgan fingerprint density at radius 2 is 1.64 bits per heavy atom. The van der Waals surface area contributed by atoms with Crippen molar-refractivity contribution in [3.05, 3.63) is 0 Å². The highest BCUT2D eigenvalue weighted by molar-refractivity contribution is 7.39. The van der Waals surface area contributed by atoms with Crippen LogP contribution in [-0.2, 0) is 0 Å². The van der Waals surface area contributed by atoms with Crippen LogP contribution in [-0.4, -0.2) is 4.90 Å². The van der Waals surface area contributed by atoms with E-state index in [0.717, 1.165) is 11.8 Å². The van der Waals surface area contributed by atoms with Crippen LogP contribution in [0.15, 0.2) is 0 Å². The number of hydrogen-bond donors (Lipinski definition) is 0. The third kappa shape index (κ3) is 3.00. The average Bonchev–Trinajstić information content (AvgIpc) is 1.86. The number of hydrogen-bond acceptors (Lipinski definition) is 0. The summed E-state index contributed by atoms with van der Waals surface area (Å²) < 4.78 is 0. The zero-order valence-electron chi connectivity index (χ0n) is 7.64. The van der Waals surface area contributed by atoms with Crippen LogP contribution in [0.2, 0.25) is 0 Å². The SMILES string of the molecule is CC(C)C1CCC(P)(P)CC1. The van der Waals surface area contributed by atoms with Crippen molar-refractivity contribution in [3.63, 3.8) is 0 Å². The third-order valence-corrected chi connectivity index (χ3v) is 4.06. The Kier molecular flexibility index (Phi) is 3.36. The first kappa shape index (κ1) is 9.94. The summed E-state index contributed by atoms with van der Waals surface area (Å²) in [6.45, 7) is 4.70. The molecule has 1 rings (SSSR count). The Hall–Kier alpha value is 0.860. The van der Waals surface area contributed by atoms with E-state index in [-0.39, 0.29) is 0 Å². The molecule has 2 atom stereocenters. The maximum atomic E-state index is 2.97. The molecule has 0 aromatic rings. The molecule has 0 bridgehead atoms. The van der Waals surface area contributed by atoms with Crippen molar-refractivity contribution in [1.82, 2.24) is 0 Å². The molecule has 0 radical (unpaired) electrons. The first-order chi connectivity index (χ1) is 5.01. The average molecular weight is 190 g/mol. The Morgan fingerprint density at radius 1 is 1.18 bits per heavy atom. The molecule has 0 N–H and O–H groups in total. The fourth-order valence-electron chi connectivity index (χ4n) is 1.84. The highest BCUT2D eigenvalue weighted by Crippen LogP contribution is 2.45. The van der Waals surface area contributed by atoms with Gasteiger partial charge in [-0.3, -0.25) is 0 Å². The van der Waals surface area contributed by atoms with Crippen molar-refractivity contribution in [3.8, 4) is 0 Å². The zero-order chi connectivity index (χ0) is 8.48. The monoisotopic (exact) mass is 190 g/mol. The third-order valence-electron chi connectivity index (χ3n) is 2.90. The van der Waals surface area contributed by atoms with Crippen LogP contribution < -0.4 is 0 Å². The lowest BCUT2D eigenvalue weighted by Crippen LogP contribution is -2.24. The minimum absolute atomic E-state index is 0.478. The maximum absolute atomic E-state index is 2.97. The van der Waals surface area contributed by atoms with E-state index in [2.05, 4.69) is 32.3 Å². The van der Waals surface area contributed by atoms with Gasteiger partial charge < -0.3 is 0 Å². The smallest absolute Gasteiger partial charge is 0.000680 e. The Balaban J connectivity index is 2.36. The zero-order valence-corrected chi connectivity index (χ0v) is 9.95. The Morgan fingerprint density at radius 3 is 2.00 bits per heavy atom. The second-order valence-corrected chi connectivity index (χ2v) is 7.28. The fraction of sp³-hybridized carbons (Fsp3) is 1.00. The lowest BCUT2D eigenvalue weighted by Gasteiger charge is -2.35. The van der Waals surface area contributed by atoms with Crippen molar-refractivity contribution < 1.29 is 0 Å². The molecule has 1 aliphatic carbocycles. The molecule has 0 nitrogen and oxygen atoms in total. The molecular weight excluding hydrogens is 170 g/mol. The van der Waals surface area contributed by atoms with Gasteiger partial charge in [0.1, 0.15) is 0 Å². The quantitative estimate of drug-likeness (QED) is 0.556. The van der Waals surface area contributed by atoms with Crippen LogP contribution in [0, 0.1) is 11.8 Å². The van der Waals surface area contributed by atoms with Gasteiger partial charge in [0.05, 0.1) is 0 Å². The first-order valence-electron chi connectivity index (χ1n) is 4.59. The van der Waals surface area contributed by atoms with E-state index in [4.69, 9.17) is 0 Å². The molecular formula is C9H20P2. The van der Waals surface area contributed by atoms with Crippen molar-refractivity contribution in [2.45, 2.75) is 44.4 Å². The van der Waals surface area contributed by atoms with Crippen molar-refractivity contribution >= 4 is 18.5 Å². The van der Waals surface area contributed by atoms with E-state index in [0.29, 0.717) is 4.90 Å². The summed E-state index contributed by atoms with van der Waals surface area (Å²) in [6.07, 6.45) is 5.58. The van der Waals surface area contributed by atoms with Gasteiger partial charge >= 0.3 is 0 Å². The van der Waals surface area contributed by atoms with Gasteiger partial charge in [0.2, 0.25) is 0 Å². The molecule has 11 heavy (non-hydrogen) atoms. The summed E-state index contributed by atoms with van der Waals surface area (Å²) >= 11 is 0. The molecule has 0 heterocycles. The van der Waals surface area contributed by atoms with Crippen LogP contribution in [0.4, 0.5) is 0 Å². The topological polar surface area (TPSA) is 0 Å². The summed E-state index contributed by atoms with van der Waals surface area (Å²) in [7, 11) is 5.95. The van der Waals surface area contributed by atoms with E-state index in [1.165, 1.54) is 25.7 Å². The minimum atomic E-state index is 0.478. The van der Waals surface area contributed by atoms with Crippen molar-refractivity contribution in [2.75, 3.05) is 0 Å². The summed E-state index contributed by atoms with van der Waals surface area (Å²) in [6, 6.07) is 0. The predicted molar refractivity (Wildman–Crippen MR) is 58.9 cm³/mol. The first-order valence-corrected chi connectivity index (χ1v) is 5.74. The van der Waals surface area contributed by atoms with E-state index >= 15 is 0 Å². The standard InChI is InChI=1S/C9H20P2/c1-7(2)8-3-5-9(10,11)6-4-8/h7-8H,3-6,10-11H2,1-2H3. The van der Waals surface area contributed by atoms with Crippen LogP contribution in [0.3, 0.4) is 0 Å². The largest absolute Gasteiger partial charge is 0.127 e. The molecule has 0 aromatic carbocycles. The number of rotatable bonds is 1. The van der Waals surface area contributed by atoms with E-state index in [9.17, 15) is 0 Å². The van der Waals surface area contributed by atoms with E-state index < -0.39 is 0 Å². The molecule has 0 amide bonds. The fourth-order valence-corrected chi connectivity index (χ4v) is 2.51. The van der Waals surface area contributed by atoms with Gasteiger partial charge in [-0.15, -0.1) is 18.5 Å². The Bertz CT molecular complexity index is 120. The molecule has 1 saturated carbocycles. The summed E-state index contributed by atoms with van der Waals surface area (Å²) in [5.41, 5.74) is 0. The molecule has 0 spiro atoms. The summed E-state index contributed by atoms with van der Waals surface area (Å²) in [5, 5.41) is 0. The minimum Gasteiger partial charge on any atom is -0.127 e. The van der Waals surface area contributed by atoms with Crippen LogP contribution in [0.5, 0.6) is 0 Å². The van der Waals surface area contributed by atoms with Crippen LogP contribution in [0.1, 0.15) is 39.5 Å². The predicted octanol–water partition coefficient (Wildman–Crippen LogP) is 3.28. The van der Waals surface area contributed by atoms with E-state index in [1.54, 1.807) is 0 Å². The molecule has 0 saturated heterocycles. The second kappa shape index (κ2) is 3.71. The van der Waals surface area contributed by atoms with Crippen LogP contribution >= 0.6 is 18.5 Å². The Labute approximate surface area is 75.3 Å². The van der Waals surface area contributed by atoms with Gasteiger partial charge in [-0.05, 0) is 42.4 Å². The van der Waals surface area contributed by atoms with Gasteiger partial charge in [0, 0.05) is 0 Å². The molecule has 1 aliphatic rings. The maximum Gasteiger partial charge on any atom is -0.000680 e. The van der Waals surface area contributed by atoms with Crippen molar-refractivity contribution in [1.29, 1.82) is 0 Å². The lowest BCUT2D eigenvalue weighted by molar-refractivity contribution is 0.274. The molecule has 2 heteroatoms. The molecule has 66 valence electrons. The second-order valence-electron chi connectivity index (χ2n) is 4.31. The molecule has 0 aromatic heterocycles.